The van der Waals surface area contributed by atoms with E-state index in [9.17, 15) is 0 Å². The summed E-state index contributed by atoms with van der Waals surface area (Å²) in [4.78, 5) is 0. The van der Waals surface area contributed by atoms with Gasteiger partial charge in [-0.05, 0) is 25.0 Å². The van der Waals surface area contributed by atoms with Crippen LogP contribution in [-0.2, 0) is 0 Å². The summed E-state index contributed by atoms with van der Waals surface area (Å²) in [6.07, 6.45) is 0. The Morgan fingerprint density at radius 2 is 1.76 bits per heavy atom. The smallest absolute Gasteiger partial charge is 0.148 e. The Kier molecular flexibility index (Phi) is 3.82. The molecule has 0 aliphatic heterocycles. The first-order chi connectivity index (χ1) is 10.1. The summed E-state index contributed by atoms with van der Waals surface area (Å²) in [6.45, 7) is 4.19. The lowest BCUT2D eigenvalue weighted by Gasteiger charge is -2.07. The van der Waals surface area contributed by atoms with Crippen LogP contribution in [0.2, 0.25) is 0 Å². The van der Waals surface area contributed by atoms with Crippen molar-refractivity contribution in [3.8, 4) is 10.6 Å². The predicted molar refractivity (Wildman–Crippen MR) is 87.3 cm³/mol. The lowest BCUT2D eigenvalue weighted by Crippen LogP contribution is -2.11. The van der Waals surface area contributed by atoms with Crippen molar-refractivity contribution in [2.45, 2.75) is 19.9 Å². The first-order valence-electron chi connectivity index (χ1n) is 6.86. The average molecular weight is 295 g/mol. The maximum Gasteiger partial charge on any atom is 0.148 e. The molecular formula is C17H17N3S. The van der Waals surface area contributed by atoms with E-state index in [1.807, 2.05) is 30.3 Å². The minimum absolute atomic E-state index is 0.219. The molecule has 0 saturated carbocycles. The van der Waals surface area contributed by atoms with Gasteiger partial charge in [-0.3, -0.25) is 0 Å². The van der Waals surface area contributed by atoms with Crippen molar-refractivity contribution < 1.29 is 0 Å². The van der Waals surface area contributed by atoms with Crippen LogP contribution in [0.1, 0.15) is 27.7 Å². The van der Waals surface area contributed by atoms with Crippen LogP contribution in [0.15, 0.2) is 48.5 Å². The molecule has 3 aromatic rings. The fourth-order valence-corrected chi connectivity index (χ4v) is 3.29. The highest BCUT2D eigenvalue weighted by Crippen LogP contribution is 2.30. The van der Waals surface area contributed by atoms with Crippen molar-refractivity contribution in [1.82, 2.24) is 10.2 Å². The zero-order valence-corrected chi connectivity index (χ0v) is 12.9. The van der Waals surface area contributed by atoms with Crippen LogP contribution in [0.5, 0.6) is 0 Å². The lowest BCUT2D eigenvalue weighted by molar-refractivity contribution is 0.831. The normalized spacial score (nSPS) is 12.3. The Bertz CT molecular complexity index is 750. The standard InChI is InChI=1S/C17H17N3S/c1-11-8-9-14(12(2)10-11)16-19-20-17(21-16)15(18)13-6-4-3-5-7-13/h3-10,15H,18H2,1-2H3. The Balaban J connectivity index is 1.93. The van der Waals surface area contributed by atoms with Gasteiger partial charge in [0, 0.05) is 5.56 Å². The SMILES string of the molecule is Cc1ccc(-c2nnc(C(N)c3ccccc3)s2)c(C)c1. The minimum atomic E-state index is -0.219. The maximum atomic E-state index is 6.28. The number of aromatic nitrogens is 2. The third-order valence-electron chi connectivity index (χ3n) is 3.48. The van der Waals surface area contributed by atoms with Gasteiger partial charge in [0.05, 0.1) is 6.04 Å². The van der Waals surface area contributed by atoms with Gasteiger partial charge >= 0.3 is 0 Å². The van der Waals surface area contributed by atoms with Crippen molar-refractivity contribution in [3.63, 3.8) is 0 Å². The van der Waals surface area contributed by atoms with E-state index in [-0.39, 0.29) is 6.04 Å². The van der Waals surface area contributed by atoms with Gasteiger partial charge in [-0.2, -0.15) is 0 Å². The topological polar surface area (TPSA) is 51.8 Å². The molecule has 21 heavy (non-hydrogen) atoms. The Morgan fingerprint density at radius 1 is 1.00 bits per heavy atom. The van der Waals surface area contributed by atoms with Crippen molar-refractivity contribution >= 4 is 11.3 Å². The molecular weight excluding hydrogens is 278 g/mol. The van der Waals surface area contributed by atoms with Crippen LogP contribution < -0.4 is 5.73 Å². The molecule has 0 fully saturated rings. The zero-order chi connectivity index (χ0) is 14.8. The first-order valence-corrected chi connectivity index (χ1v) is 7.68. The number of aryl methyl sites for hydroxylation is 2. The molecule has 0 radical (unpaired) electrons. The highest BCUT2D eigenvalue weighted by atomic mass is 32.1. The molecule has 0 aliphatic rings. The largest absolute Gasteiger partial charge is 0.318 e. The third-order valence-corrected chi connectivity index (χ3v) is 4.52. The van der Waals surface area contributed by atoms with Gasteiger partial charge in [-0.15, -0.1) is 10.2 Å². The van der Waals surface area contributed by atoms with Gasteiger partial charge in [-0.25, -0.2) is 0 Å². The molecule has 0 aliphatic carbocycles. The van der Waals surface area contributed by atoms with E-state index < -0.39 is 0 Å². The van der Waals surface area contributed by atoms with Gasteiger partial charge in [0.1, 0.15) is 10.0 Å². The Hall–Kier alpha value is -2.04. The molecule has 4 heteroatoms. The van der Waals surface area contributed by atoms with Gasteiger partial charge in [0.15, 0.2) is 0 Å². The highest BCUT2D eigenvalue weighted by molar-refractivity contribution is 7.14. The quantitative estimate of drug-likeness (QED) is 0.798. The molecule has 3 nitrogen and oxygen atoms in total. The summed E-state index contributed by atoms with van der Waals surface area (Å²) in [6, 6.07) is 16.1. The average Bonchev–Trinajstić information content (AvgIpc) is 2.97. The molecule has 1 heterocycles. The molecule has 0 amide bonds. The fraction of sp³-hybridized carbons (Fsp3) is 0.176. The molecule has 1 aromatic heterocycles. The summed E-state index contributed by atoms with van der Waals surface area (Å²) >= 11 is 1.56. The Labute approximate surface area is 128 Å². The van der Waals surface area contributed by atoms with Gasteiger partial charge < -0.3 is 5.73 Å². The van der Waals surface area contributed by atoms with Gasteiger partial charge in [0.25, 0.3) is 0 Å². The summed E-state index contributed by atoms with van der Waals surface area (Å²) < 4.78 is 0. The molecule has 2 aromatic carbocycles. The predicted octanol–water partition coefficient (Wildman–Crippen LogP) is 3.87. The number of benzene rings is 2. The van der Waals surface area contributed by atoms with Crippen LogP contribution in [0.25, 0.3) is 10.6 Å². The number of hydrogen-bond donors (Lipinski definition) is 1. The van der Waals surface area contributed by atoms with E-state index in [2.05, 4.69) is 42.2 Å². The monoisotopic (exact) mass is 295 g/mol. The van der Waals surface area contributed by atoms with E-state index in [0.717, 1.165) is 21.1 Å². The van der Waals surface area contributed by atoms with E-state index in [0.29, 0.717) is 0 Å². The molecule has 0 bridgehead atoms. The van der Waals surface area contributed by atoms with Crippen molar-refractivity contribution in [2.24, 2.45) is 5.73 Å². The van der Waals surface area contributed by atoms with Gasteiger partial charge in [-0.1, -0.05) is 65.4 Å². The number of nitrogens with zero attached hydrogens (tertiary/aromatic N) is 2. The second kappa shape index (κ2) is 5.76. The zero-order valence-electron chi connectivity index (χ0n) is 12.1. The van der Waals surface area contributed by atoms with Crippen molar-refractivity contribution in [1.29, 1.82) is 0 Å². The molecule has 2 N–H and O–H groups in total. The van der Waals surface area contributed by atoms with Crippen LogP contribution in [0.4, 0.5) is 0 Å². The van der Waals surface area contributed by atoms with Crippen LogP contribution in [0.3, 0.4) is 0 Å². The molecule has 106 valence electrons. The molecule has 0 spiro atoms. The highest BCUT2D eigenvalue weighted by Gasteiger charge is 2.16. The minimum Gasteiger partial charge on any atom is -0.318 e. The first kappa shape index (κ1) is 13.9. The maximum absolute atomic E-state index is 6.28. The third kappa shape index (κ3) is 2.86. The van der Waals surface area contributed by atoms with Crippen molar-refractivity contribution in [3.05, 3.63) is 70.2 Å². The summed E-state index contributed by atoms with van der Waals surface area (Å²) in [5.41, 5.74) is 10.9. The number of rotatable bonds is 3. The number of hydrogen-bond acceptors (Lipinski definition) is 4. The molecule has 0 saturated heterocycles. The molecule has 3 rings (SSSR count). The Morgan fingerprint density at radius 3 is 2.48 bits per heavy atom. The van der Waals surface area contributed by atoms with Gasteiger partial charge in [0.2, 0.25) is 0 Å². The number of nitrogens with two attached hydrogens (primary N) is 1. The van der Waals surface area contributed by atoms with E-state index in [1.54, 1.807) is 11.3 Å². The second-order valence-corrected chi connectivity index (χ2v) is 6.16. The van der Waals surface area contributed by atoms with Crippen molar-refractivity contribution in [2.75, 3.05) is 0 Å². The second-order valence-electron chi connectivity index (χ2n) is 5.15. The van der Waals surface area contributed by atoms with E-state index in [1.165, 1.54) is 11.1 Å². The van der Waals surface area contributed by atoms with Crippen LogP contribution >= 0.6 is 11.3 Å². The summed E-state index contributed by atoms with van der Waals surface area (Å²) in [7, 11) is 0. The van der Waals surface area contributed by atoms with E-state index in [4.69, 9.17) is 5.73 Å². The van der Waals surface area contributed by atoms with Crippen LogP contribution in [0, 0.1) is 13.8 Å². The fourth-order valence-electron chi connectivity index (χ4n) is 2.33. The van der Waals surface area contributed by atoms with E-state index >= 15 is 0 Å². The van der Waals surface area contributed by atoms with Crippen LogP contribution in [-0.4, -0.2) is 10.2 Å². The molecule has 1 atom stereocenters. The molecule has 1 unspecified atom stereocenters. The lowest BCUT2D eigenvalue weighted by atomic mass is 10.1. The summed E-state index contributed by atoms with van der Waals surface area (Å²) in [5.74, 6) is 0. The summed E-state index contributed by atoms with van der Waals surface area (Å²) in [5, 5.41) is 10.4.